The number of nitrogens with one attached hydrogen (secondary N) is 1. The number of carbonyl (C=O) groups excluding carboxylic acids is 1. The average molecular weight is 596 g/mol. The minimum atomic E-state index is -4.81. The van der Waals surface area contributed by atoms with Crippen molar-refractivity contribution in [3.63, 3.8) is 0 Å². The molecule has 1 aromatic heterocycles. The van der Waals surface area contributed by atoms with E-state index < -0.39 is 39.2 Å². The maximum atomic E-state index is 13.2. The number of anilines is 1. The number of sulfonamides is 1. The van der Waals surface area contributed by atoms with Gasteiger partial charge in [0.2, 0.25) is 10.0 Å². The van der Waals surface area contributed by atoms with Gasteiger partial charge in [-0.05, 0) is 50.2 Å². The molecule has 37 heavy (non-hydrogen) atoms. The molecule has 0 aliphatic heterocycles. The number of nitrogens with zero attached hydrogens (tertiary/aromatic N) is 3. The number of aryl methyl sites for hydroxylation is 1. The summed E-state index contributed by atoms with van der Waals surface area (Å²) in [4.78, 5) is 12.5. The molecule has 0 bridgehead atoms. The Bertz CT molecular complexity index is 1490. The van der Waals surface area contributed by atoms with E-state index in [1.807, 2.05) is 11.5 Å². The molecule has 0 saturated carbocycles. The Kier molecular flexibility index (Phi) is 8.53. The zero-order valence-electron chi connectivity index (χ0n) is 19.6. The van der Waals surface area contributed by atoms with Crippen LogP contribution in [0, 0.1) is 13.8 Å². The van der Waals surface area contributed by atoms with Crippen molar-refractivity contribution in [2.24, 2.45) is 5.10 Å². The largest absolute Gasteiger partial charge is 0.417 e. The Morgan fingerprint density at radius 3 is 2.41 bits per heavy atom. The van der Waals surface area contributed by atoms with E-state index in [1.54, 1.807) is 31.2 Å². The molecule has 1 N–H and O–H groups in total. The lowest BCUT2D eigenvalue weighted by molar-refractivity contribution is -0.137. The van der Waals surface area contributed by atoms with Crippen LogP contribution in [0.15, 0.2) is 47.6 Å². The third-order valence-electron chi connectivity index (χ3n) is 5.27. The van der Waals surface area contributed by atoms with Crippen LogP contribution in [0.1, 0.15) is 22.5 Å². The zero-order valence-corrected chi connectivity index (χ0v) is 22.7. The molecule has 0 saturated heterocycles. The van der Waals surface area contributed by atoms with Crippen LogP contribution in [0.5, 0.6) is 0 Å². The molecular weight excluding hydrogens is 576 g/mol. The first kappa shape index (κ1) is 28.8. The quantitative estimate of drug-likeness (QED) is 0.269. The topological polar surface area (TPSA) is 83.8 Å². The van der Waals surface area contributed by atoms with Crippen LogP contribution in [0.3, 0.4) is 0 Å². The number of benzene rings is 2. The summed E-state index contributed by atoms with van der Waals surface area (Å²) < 4.78 is 66.5. The van der Waals surface area contributed by atoms with Gasteiger partial charge >= 0.3 is 6.18 Å². The van der Waals surface area contributed by atoms with Crippen LogP contribution >= 0.6 is 34.8 Å². The highest BCUT2D eigenvalue weighted by atomic mass is 35.5. The fraction of sp³-hybridized carbons (Fsp3) is 0.217. The third kappa shape index (κ3) is 6.59. The number of carbonyl (C=O) groups is 1. The summed E-state index contributed by atoms with van der Waals surface area (Å²) in [6.07, 6.45) is -2.70. The summed E-state index contributed by atoms with van der Waals surface area (Å²) in [6.45, 7) is 2.83. The van der Waals surface area contributed by atoms with Gasteiger partial charge in [0.05, 0.1) is 44.5 Å². The number of hydrogen-bond acceptors (Lipinski definition) is 4. The second kappa shape index (κ2) is 10.9. The fourth-order valence-electron chi connectivity index (χ4n) is 3.58. The average Bonchev–Trinajstić information content (AvgIpc) is 3.06. The molecule has 0 atom stereocenters. The standard InChI is InChI=1S/C23H20Cl3F3N4O3S/c1-13-9-15(14(2)33(13)20-6-4-5-19(25)22(20)26)11-30-31-21(34)12-32(37(3,35)36)16-7-8-18(24)17(10-16)23(27,28)29/h4-11H,12H2,1-3H3,(H,31,34)/b30-11-. The van der Waals surface area contributed by atoms with E-state index >= 15 is 0 Å². The summed E-state index contributed by atoms with van der Waals surface area (Å²) in [5, 5.41) is 4.01. The van der Waals surface area contributed by atoms with Gasteiger partial charge in [-0.25, -0.2) is 13.8 Å². The molecule has 3 rings (SSSR count). The predicted octanol–water partition coefficient (Wildman–Crippen LogP) is 5.99. The predicted molar refractivity (Wildman–Crippen MR) is 140 cm³/mol. The second-order valence-electron chi connectivity index (χ2n) is 7.96. The van der Waals surface area contributed by atoms with Crippen molar-refractivity contribution >= 4 is 62.6 Å². The van der Waals surface area contributed by atoms with Gasteiger partial charge in [0.15, 0.2) is 0 Å². The number of halogens is 6. The van der Waals surface area contributed by atoms with Crippen molar-refractivity contribution in [1.29, 1.82) is 0 Å². The lowest BCUT2D eigenvalue weighted by atomic mass is 10.2. The van der Waals surface area contributed by atoms with Crippen LogP contribution in [0.4, 0.5) is 18.9 Å². The summed E-state index contributed by atoms with van der Waals surface area (Å²) in [5.74, 6) is -0.878. The lowest BCUT2D eigenvalue weighted by Crippen LogP contribution is -2.39. The van der Waals surface area contributed by atoms with Gasteiger partial charge in [-0.2, -0.15) is 18.3 Å². The number of hydrazone groups is 1. The first-order chi connectivity index (χ1) is 17.1. The molecule has 0 fully saturated rings. The molecule has 1 amide bonds. The highest BCUT2D eigenvalue weighted by Gasteiger charge is 2.34. The smallest absolute Gasteiger partial charge is 0.316 e. The van der Waals surface area contributed by atoms with E-state index in [0.29, 0.717) is 31.7 Å². The molecule has 1 heterocycles. The van der Waals surface area contributed by atoms with Crippen LogP contribution in [0.25, 0.3) is 5.69 Å². The fourth-order valence-corrected chi connectivity index (χ4v) is 5.03. The molecule has 14 heteroatoms. The molecule has 0 radical (unpaired) electrons. The SMILES string of the molecule is Cc1cc(/C=N\NC(=O)CN(c2ccc(Cl)c(C(F)(F)F)c2)S(C)(=O)=O)c(C)n1-c1cccc(Cl)c1Cl. The van der Waals surface area contributed by atoms with E-state index in [9.17, 15) is 26.4 Å². The molecule has 3 aromatic rings. The molecule has 2 aromatic carbocycles. The van der Waals surface area contributed by atoms with Crippen molar-refractivity contribution in [2.75, 3.05) is 17.1 Å². The Balaban J connectivity index is 1.81. The Hall–Kier alpha value is -2.73. The highest BCUT2D eigenvalue weighted by Crippen LogP contribution is 2.37. The number of rotatable bonds is 7. The Labute approximate surface area is 226 Å². The number of aromatic nitrogens is 1. The summed E-state index contributed by atoms with van der Waals surface area (Å²) >= 11 is 18.1. The van der Waals surface area contributed by atoms with Gasteiger partial charge in [-0.1, -0.05) is 40.9 Å². The summed E-state index contributed by atoms with van der Waals surface area (Å²) in [6, 6.07) is 9.54. The van der Waals surface area contributed by atoms with Crippen LogP contribution < -0.4 is 9.73 Å². The molecule has 0 aliphatic carbocycles. The third-order valence-corrected chi connectivity index (χ3v) is 7.55. The van der Waals surface area contributed by atoms with Gasteiger partial charge in [0.25, 0.3) is 5.91 Å². The molecule has 7 nitrogen and oxygen atoms in total. The van der Waals surface area contributed by atoms with E-state index in [0.717, 1.165) is 29.8 Å². The molecular formula is C23H20Cl3F3N4O3S. The van der Waals surface area contributed by atoms with Crippen molar-refractivity contribution < 1.29 is 26.4 Å². The van der Waals surface area contributed by atoms with Crippen molar-refractivity contribution in [1.82, 2.24) is 9.99 Å². The molecule has 0 spiro atoms. The first-order valence-corrected chi connectivity index (χ1v) is 13.4. The minimum Gasteiger partial charge on any atom is -0.316 e. The zero-order chi connectivity index (χ0) is 27.7. The van der Waals surface area contributed by atoms with Gasteiger partial charge in [-0.3, -0.25) is 9.10 Å². The molecule has 0 aliphatic rings. The summed E-state index contributed by atoms with van der Waals surface area (Å²) in [5.41, 5.74) is 3.41. The second-order valence-corrected chi connectivity index (χ2v) is 11.1. The number of hydrogen-bond donors (Lipinski definition) is 1. The maximum absolute atomic E-state index is 13.2. The van der Waals surface area contributed by atoms with Crippen LogP contribution in [0.2, 0.25) is 15.1 Å². The lowest BCUT2D eigenvalue weighted by Gasteiger charge is -2.22. The Morgan fingerprint density at radius 2 is 1.78 bits per heavy atom. The maximum Gasteiger partial charge on any atom is 0.417 e. The van der Waals surface area contributed by atoms with Crippen molar-refractivity contribution in [3.8, 4) is 5.69 Å². The van der Waals surface area contributed by atoms with Gasteiger partial charge in [-0.15, -0.1) is 0 Å². The van der Waals surface area contributed by atoms with Gasteiger partial charge in [0.1, 0.15) is 6.54 Å². The van der Waals surface area contributed by atoms with Crippen molar-refractivity contribution in [3.05, 3.63) is 80.0 Å². The first-order valence-electron chi connectivity index (χ1n) is 10.4. The Morgan fingerprint density at radius 1 is 1.11 bits per heavy atom. The van der Waals surface area contributed by atoms with E-state index in [4.69, 9.17) is 34.8 Å². The highest BCUT2D eigenvalue weighted by molar-refractivity contribution is 7.92. The number of amides is 1. The van der Waals surface area contributed by atoms with Gasteiger partial charge < -0.3 is 4.57 Å². The monoisotopic (exact) mass is 594 g/mol. The molecule has 198 valence electrons. The van der Waals surface area contributed by atoms with E-state index in [1.165, 1.54) is 6.21 Å². The normalized spacial score (nSPS) is 12.2. The summed E-state index contributed by atoms with van der Waals surface area (Å²) in [7, 11) is -4.13. The minimum absolute atomic E-state index is 0.361. The van der Waals surface area contributed by atoms with Crippen LogP contribution in [-0.4, -0.2) is 37.9 Å². The number of alkyl halides is 3. The molecule has 0 unspecified atom stereocenters. The van der Waals surface area contributed by atoms with E-state index in [-0.39, 0.29) is 5.69 Å². The van der Waals surface area contributed by atoms with Crippen molar-refractivity contribution in [2.45, 2.75) is 20.0 Å². The van der Waals surface area contributed by atoms with E-state index in [2.05, 4.69) is 10.5 Å². The van der Waals surface area contributed by atoms with Crippen LogP contribution in [-0.2, 0) is 21.0 Å². The van der Waals surface area contributed by atoms with Gasteiger partial charge in [0, 0.05) is 17.0 Å².